The van der Waals surface area contributed by atoms with Gasteiger partial charge in [0.05, 0.1) is 22.1 Å². The summed E-state index contributed by atoms with van der Waals surface area (Å²) in [7, 11) is 0. The van der Waals surface area contributed by atoms with Crippen LogP contribution in [0.3, 0.4) is 0 Å². The summed E-state index contributed by atoms with van der Waals surface area (Å²) in [5.41, 5.74) is 15.2. The van der Waals surface area contributed by atoms with Crippen LogP contribution in [-0.4, -0.2) is 9.13 Å². The van der Waals surface area contributed by atoms with Crippen LogP contribution < -0.4 is 0 Å². The number of hydrogen-bond acceptors (Lipinski definition) is 0. The average Bonchev–Trinajstić information content (AvgIpc) is 3.94. The van der Waals surface area contributed by atoms with Crippen LogP contribution >= 0.6 is 0 Å². The molecule has 0 radical (unpaired) electrons. The highest BCUT2D eigenvalue weighted by Gasteiger charge is 2.80. The quantitative estimate of drug-likeness (QED) is 0.170. The number of hydrogen-bond donors (Lipinski definition) is 0. The van der Waals surface area contributed by atoms with Crippen molar-refractivity contribution in [3.05, 3.63) is 169 Å². The maximum atomic E-state index is 2.61. The number of aromatic nitrogens is 2. The maximum Gasteiger partial charge on any atom is 0.0541 e. The fourth-order valence-electron chi connectivity index (χ4n) is 13.0. The van der Waals surface area contributed by atoms with Crippen molar-refractivity contribution in [2.24, 2.45) is 23.2 Å². The number of fused-ring (bicyclic) bond motifs is 7. The molecule has 258 valence electrons. The molecule has 4 aliphatic rings. The topological polar surface area (TPSA) is 9.86 Å². The van der Waals surface area contributed by atoms with Gasteiger partial charge in [0.2, 0.25) is 0 Å². The lowest BCUT2D eigenvalue weighted by Gasteiger charge is -2.73. The molecule has 4 saturated carbocycles. The zero-order valence-corrected chi connectivity index (χ0v) is 30.3. The number of benzene rings is 7. The van der Waals surface area contributed by atoms with Gasteiger partial charge < -0.3 is 9.13 Å². The first-order valence-electron chi connectivity index (χ1n) is 20.0. The van der Waals surface area contributed by atoms with E-state index in [0.717, 1.165) is 17.8 Å². The molecular formula is C52H40N2. The maximum absolute atomic E-state index is 2.61. The van der Waals surface area contributed by atoms with E-state index in [1.807, 2.05) is 0 Å². The Balaban J connectivity index is 0.948. The summed E-state index contributed by atoms with van der Waals surface area (Å²) in [6.07, 6.45) is 7.27. The first kappa shape index (κ1) is 29.6. The van der Waals surface area contributed by atoms with Gasteiger partial charge >= 0.3 is 0 Å². The summed E-state index contributed by atoms with van der Waals surface area (Å²) in [4.78, 5) is 0. The van der Waals surface area contributed by atoms with Crippen LogP contribution in [0.1, 0.15) is 37.7 Å². The first-order valence-corrected chi connectivity index (χ1v) is 20.0. The van der Waals surface area contributed by atoms with E-state index < -0.39 is 0 Å². The molecule has 0 amide bonds. The average molecular weight is 693 g/mol. The van der Waals surface area contributed by atoms with E-state index in [1.54, 1.807) is 5.56 Å². The van der Waals surface area contributed by atoms with Gasteiger partial charge in [-0.3, -0.25) is 0 Å². The Morgan fingerprint density at radius 3 is 1.69 bits per heavy atom. The Morgan fingerprint density at radius 1 is 0.407 bits per heavy atom. The van der Waals surface area contributed by atoms with Gasteiger partial charge in [0.15, 0.2) is 0 Å². The smallest absolute Gasteiger partial charge is 0.0541 e. The second kappa shape index (κ2) is 10.4. The zero-order valence-electron chi connectivity index (χ0n) is 30.3. The summed E-state index contributed by atoms with van der Waals surface area (Å²) in [6.45, 7) is 0. The monoisotopic (exact) mass is 692 g/mol. The lowest BCUT2D eigenvalue weighted by molar-refractivity contribution is -0.198. The van der Waals surface area contributed by atoms with Crippen molar-refractivity contribution in [1.82, 2.24) is 9.13 Å². The SMILES string of the molecule is c1ccc(-c2ccc(-n3c4ccccc4c4cc(-c5ccc6c(c5)c5ccccc5n6-c5ccccc5C56CC7CC8CC(C5)C86C7)ccc43)cc2)cc1. The lowest BCUT2D eigenvalue weighted by atomic mass is 9.31. The standard InChI is InChI=1S/C52H40N2/c1-2-10-34(11-3-1)35-18-22-40(23-19-35)53-46-15-7-4-12-41(46)43-27-36(20-24-48(43)53)37-21-25-49-44(28-37)42-13-5-8-16-47(42)54(49)50-17-9-6-14-45(50)51-30-33-26-38-29-39(32-51)52(38,51)31-33/h1-25,27-28,33,38-39H,26,29-32H2. The van der Waals surface area contributed by atoms with Crippen LogP contribution in [0, 0.1) is 23.2 Å². The van der Waals surface area contributed by atoms with Crippen molar-refractivity contribution >= 4 is 43.6 Å². The molecule has 1 spiro atoms. The highest BCUT2D eigenvalue weighted by Crippen LogP contribution is 2.86. The molecule has 4 aliphatic carbocycles. The molecule has 2 heterocycles. The largest absolute Gasteiger partial charge is 0.309 e. The molecule has 2 nitrogen and oxygen atoms in total. The van der Waals surface area contributed by atoms with Gasteiger partial charge in [-0.2, -0.15) is 0 Å². The molecule has 54 heavy (non-hydrogen) atoms. The van der Waals surface area contributed by atoms with Crippen LogP contribution in [0.15, 0.2) is 164 Å². The Bertz CT molecular complexity index is 3000. The van der Waals surface area contributed by atoms with Crippen molar-refractivity contribution in [3.8, 4) is 33.6 Å². The summed E-state index contributed by atoms with van der Waals surface area (Å²) >= 11 is 0. The predicted molar refractivity (Wildman–Crippen MR) is 224 cm³/mol. The summed E-state index contributed by atoms with van der Waals surface area (Å²) in [5, 5.41) is 5.22. The van der Waals surface area contributed by atoms with E-state index in [1.165, 1.54) is 109 Å². The molecule has 4 fully saturated rings. The molecule has 5 unspecified atom stereocenters. The van der Waals surface area contributed by atoms with Crippen molar-refractivity contribution in [3.63, 3.8) is 0 Å². The zero-order chi connectivity index (χ0) is 35.2. The third-order valence-electron chi connectivity index (χ3n) is 15.0. The Kier molecular flexibility index (Phi) is 5.71. The fourth-order valence-corrected chi connectivity index (χ4v) is 13.0. The highest BCUT2D eigenvalue weighted by molar-refractivity contribution is 6.12. The highest BCUT2D eigenvalue weighted by atomic mass is 15.0. The minimum Gasteiger partial charge on any atom is -0.309 e. The molecule has 9 aromatic rings. The lowest BCUT2D eigenvalue weighted by Crippen LogP contribution is -2.68. The Labute approximate surface area is 315 Å². The van der Waals surface area contributed by atoms with Crippen LogP contribution in [0.25, 0.3) is 77.2 Å². The van der Waals surface area contributed by atoms with E-state index in [9.17, 15) is 0 Å². The minimum atomic E-state index is 0.371. The molecule has 0 aliphatic heterocycles. The number of nitrogens with zero attached hydrogens (tertiary/aromatic N) is 2. The van der Waals surface area contributed by atoms with Gasteiger partial charge in [-0.1, -0.05) is 109 Å². The molecule has 2 bridgehead atoms. The molecule has 13 rings (SSSR count). The molecule has 0 N–H and O–H groups in total. The van der Waals surface area contributed by atoms with Gasteiger partial charge in [0.25, 0.3) is 0 Å². The fraction of sp³-hybridized carbons (Fsp3) is 0.192. The Hall–Kier alpha value is -5.86. The summed E-state index contributed by atoms with van der Waals surface area (Å²) < 4.78 is 5.03. The third-order valence-corrected chi connectivity index (χ3v) is 15.0. The first-order chi connectivity index (χ1) is 26.7. The minimum absolute atomic E-state index is 0.371. The molecule has 2 aromatic heterocycles. The molecular weight excluding hydrogens is 653 g/mol. The van der Waals surface area contributed by atoms with E-state index >= 15 is 0 Å². The number of para-hydroxylation sites is 3. The van der Waals surface area contributed by atoms with Gasteiger partial charge in [0.1, 0.15) is 0 Å². The third kappa shape index (κ3) is 3.62. The van der Waals surface area contributed by atoms with Crippen molar-refractivity contribution in [2.75, 3.05) is 0 Å². The normalized spacial score (nSPS) is 25.0. The van der Waals surface area contributed by atoms with E-state index in [-0.39, 0.29) is 0 Å². The number of rotatable bonds is 5. The van der Waals surface area contributed by atoms with Gasteiger partial charge in [-0.25, -0.2) is 0 Å². The summed E-state index contributed by atoms with van der Waals surface area (Å²) in [5.74, 6) is 2.87. The van der Waals surface area contributed by atoms with Crippen molar-refractivity contribution in [2.45, 2.75) is 37.5 Å². The van der Waals surface area contributed by atoms with E-state index in [0.29, 0.717) is 10.8 Å². The van der Waals surface area contributed by atoms with Gasteiger partial charge in [-0.15, -0.1) is 0 Å². The Morgan fingerprint density at radius 2 is 0.981 bits per heavy atom. The van der Waals surface area contributed by atoms with Gasteiger partial charge in [0, 0.05) is 38.3 Å². The van der Waals surface area contributed by atoms with Crippen LogP contribution in [-0.2, 0) is 5.41 Å². The second-order valence-corrected chi connectivity index (χ2v) is 17.1. The van der Waals surface area contributed by atoms with E-state index in [2.05, 4.69) is 173 Å². The van der Waals surface area contributed by atoms with Crippen LogP contribution in [0.4, 0.5) is 0 Å². The van der Waals surface area contributed by atoms with Crippen LogP contribution in [0.2, 0.25) is 0 Å². The van der Waals surface area contributed by atoms with Crippen LogP contribution in [0.5, 0.6) is 0 Å². The summed E-state index contributed by atoms with van der Waals surface area (Å²) in [6, 6.07) is 61.4. The van der Waals surface area contributed by atoms with Crippen molar-refractivity contribution in [1.29, 1.82) is 0 Å². The van der Waals surface area contributed by atoms with Gasteiger partial charge in [-0.05, 0) is 138 Å². The molecule has 7 aromatic carbocycles. The molecule has 2 heteroatoms. The predicted octanol–water partition coefficient (Wildman–Crippen LogP) is 13.3. The molecule has 0 saturated heterocycles. The van der Waals surface area contributed by atoms with Crippen molar-refractivity contribution < 1.29 is 0 Å². The molecule has 5 atom stereocenters. The second-order valence-electron chi connectivity index (χ2n) is 17.1. The van der Waals surface area contributed by atoms with E-state index in [4.69, 9.17) is 0 Å².